The van der Waals surface area contributed by atoms with Crippen LogP contribution < -0.4 is 4.74 Å². The number of aromatic nitrogens is 4. The van der Waals surface area contributed by atoms with E-state index >= 15 is 0 Å². The average Bonchev–Trinajstić information content (AvgIpc) is 3.03. The van der Waals surface area contributed by atoms with E-state index < -0.39 is 0 Å². The summed E-state index contributed by atoms with van der Waals surface area (Å²) in [6, 6.07) is 14.2. The van der Waals surface area contributed by atoms with Gasteiger partial charge in [-0.25, -0.2) is 14.6 Å². The van der Waals surface area contributed by atoms with Crippen LogP contribution in [0.3, 0.4) is 0 Å². The van der Waals surface area contributed by atoms with Crippen LogP contribution in [-0.2, 0) is 0 Å². The van der Waals surface area contributed by atoms with Gasteiger partial charge in [-0.1, -0.05) is 24.3 Å². The summed E-state index contributed by atoms with van der Waals surface area (Å²) in [4.78, 5) is 8.71. The molecule has 0 aliphatic heterocycles. The molecule has 0 saturated heterocycles. The molecule has 2 heterocycles. The monoisotopic (exact) mass is 330 g/mol. The molecule has 0 atom stereocenters. The van der Waals surface area contributed by atoms with Gasteiger partial charge in [0, 0.05) is 0 Å². The summed E-state index contributed by atoms with van der Waals surface area (Å²) in [6.07, 6.45) is 3.26. The molecule has 2 aromatic heterocycles. The molecule has 0 saturated carbocycles. The Morgan fingerprint density at radius 3 is 2.60 bits per heavy atom. The minimum Gasteiger partial charge on any atom is -0.438 e. The van der Waals surface area contributed by atoms with Crippen LogP contribution in [-0.4, -0.2) is 19.7 Å². The highest BCUT2D eigenvalue weighted by molar-refractivity contribution is 5.81. The second kappa shape index (κ2) is 6.02. The number of fused-ring (bicyclic) bond motifs is 1. The SMILES string of the molecule is Cc1cccc(-n2ncc3c(Oc4cc(C)ccc4C)ncnc32)c1. The molecule has 4 rings (SSSR count). The molecule has 0 N–H and O–H groups in total. The highest BCUT2D eigenvalue weighted by Gasteiger charge is 2.13. The largest absolute Gasteiger partial charge is 0.438 e. The molecule has 4 aromatic rings. The van der Waals surface area contributed by atoms with Crippen molar-refractivity contribution < 1.29 is 4.74 Å². The first kappa shape index (κ1) is 15.3. The van der Waals surface area contributed by atoms with Gasteiger partial charge in [0.25, 0.3) is 0 Å². The highest BCUT2D eigenvalue weighted by atomic mass is 16.5. The van der Waals surface area contributed by atoms with E-state index in [1.165, 1.54) is 11.9 Å². The van der Waals surface area contributed by atoms with Gasteiger partial charge < -0.3 is 4.74 Å². The van der Waals surface area contributed by atoms with Crippen LogP contribution in [0.15, 0.2) is 55.0 Å². The highest BCUT2D eigenvalue weighted by Crippen LogP contribution is 2.30. The predicted octanol–water partition coefficient (Wildman–Crippen LogP) is 4.53. The van der Waals surface area contributed by atoms with E-state index in [1.54, 1.807) is 10.9 Å². The van der Waals surface area contributed by atoms with Crippen LogP contribution in [0.4, 0.5) is 0 Å². The molecule has 0 aliphatic carbocycles. The molecule has 5 heteroatoms. The Labute approximate surface area is 145 Å². The van der Waals surface area contributed by atoms with E-state index in [9.17, 15) is 0 Å². The number of aryl methyl sites for hydroxylation is 3. The normalized spacial score (nSPS) is 11.0. The van der Waals surface area contributed by atoms with E-state index in [4.69, 9.17) is 4.74 Å². The lowest BCUT2D eigenvalue weighted by Gasteiger charge is -2.09. The van der Waals surface area contributed by atoms with E-state index in [-0.39, 0.29) is 0 Å². The topological polar surface area (TPSA) is 52.8 Å². The van der Waals surface area contributed by atoms with E-state index in [1.807, 2.05) is 38.1 Å². The summed E-state index contributed by atoms with van der Waals surface area (Å²) in [5.41, 5.74) is 5.05. The van der Waals surface area contributed by atoms with Gasteiger partial charge in [-0.3, -0.25) is 0 Å². The number of benzene rings is 2. The fourth-order valence-electron chi connectivity index (χ4n) is 2.77. The number of nitrogens with zero attached hydrogens (tertiary/aromatic N) is 4. The average molecular weight is 330 g/mol. The van der Waals surface area contributed by atoms with E-state index in [2.05, 4.69) is 40.2 Å². The van der Waals surface area contributed by atoms with Crippen molar-refractivity contribution in [1.29, 1.82) is 0 Å². The molecule has 0 aliphatic rings. The molecular formula is C20H18N4O. The number of rotatable bonds is 3. The van der Waals surface area contributed by atoms with Crippen molar-refractivity contribution in [2.75, 3.05) is 0 Å². The van der Waals surface area contributed by atoms with Crippen LogP contribution in [0.1, 0.15) is 16.7 Å². The van der Waals surface area contributed by atoms with Crippen molar-refractivity contribution in [3.8, 4) is 17.3 Å². The van der Waals surface area contributed by atoms with Crippen molar-refractivity contribution in [2.24, 2.45) is 0 Å². The van der Waals surface area contributed by atoms with Gasteiger partial charge in [-0.2, -0.15) is 5.10 Å². The quantitative estimate of drug-likeness (QED) is 0.554. The van der Waals surface area contributed by atoms with Crippen molar-refractivity contribution >= 4 is 11.0 Å². The second-order valence-electron chi connectivity index (χ2n) is 6.18. The molecule has 25 heavy (non-hydrogen) atoms. The number of ether oxygens (including phenoxy) is 1. The van der Waals surface area contributed by atoms with Crippen LogP contribution in [0.2, 0.25) is 0 Å². The summed E-state index contributed by atoms with van der Waals surface area (Å²) < 4.78 is 7.88. The molecule has 124 valence electrons. The Hall–Kier alpha value is -3.21. The first-order valence-corrected chi connectivity index (χ1v) is 8.13. The lowest BCUT2D eigenvalue weighted by Crippen LogP contribution is -1.99. The zero-order valence-corrected chi connectivity index (χ0v) is 14.4. The van der Waals surface area contributed by atoms with Gasteiger partial charge in [0.1, 0.15) is 17.5 Å². The Kier molecular flexibility index (Phi) is 3.69. The molecular weight excluding hydrogens is 312 g/mol. The second-order valence-corrected chi connectivity index (χ2v) is 6.18. The maximum atomic E-state index is 6.07. The minimum absolute atomic E-state index is 0.512. The molecule has 0 unspecified atom stereocenters. The third-order valence-corrected chi connectivity index (χ3v) is 4.13. The molecule has 0 spiro atoms. The maximum Gasteiger partial charge on any atom is 0.233 e. The smallest absolute Gasteiger partial charge is 0.233 e. The molecule has 0 bridgehead atoms. The fourth-order valence-corrected chi connectivity index (χ4v) is 2.77. The van der Waals surface area contributed by atoms with Gasteiger partial charge in [-0.05, 0) is 55.7 Å². The summed E-state index contributed by atoms with van der Waals surface area (Å²) in [5.74, 6) is 1.31. The van der Waals surface area contributed by atoms with Gasteiger partial charge in [0.15, 0.2) is 5.65 Å². The van der Waals surface area contributed by atoms with Crippen LogP contribution in [0.25, 0.3) is 16.7 Å². The van der Waals surface area contributed by atoms with Gasteiger partial charge in [0.2, 0.25) is 5.88 Å². The Morgan fingerprint density at radius 2 is 1.76 bits per heavy atom. The van der Waals surface area contributed by atoms with Crippen molar-refractivity contribution in [1.82, 2.24) is 19.7 Å². The molecule has 0 radical (unpaired) electrons. The number of hydrogen-bond donors (Lipinski definition) is 0. The number of hydrogen-bond acceptors (Lipinski definition) is 4. The standard InChI is InChI=1S/C20H18N4O/c1-13-5-4-6-16(9-13)24-19-17(11-23-24)20(22-12-21-19)25-18-10-14(2)7-8-15(18)3/h4-12H,1-3H3. The third-order valence-electron chi connectivity index (χ3n) is 4.13. The molecule has 0 fully saturated rings. The van der Waals surface area contributed by atoms with Crippen molar-refractivity contribution in [3.05, 3.63) is 71.7 Å². The zero-order chi connectivity index (χ0) is 17.4. The predicted molar refractivity (Wildman–Crippen MR) is 97.4 cm³/mol. The Balaban J connectivity index is 1.80. The maximum absolute atomic E-state index is 6.07. The minimum atomic E-state index is 0.512. The first-order valence-electron chi connectivity index (χ1n) is 8.13. The van der Waals surface area contributed by atoms with Crippen molar-refractivity contribution in [2.45, 2.75) is 20.8 Å². The van der Waals surface area contributed by atoms with E-state index in [0.717, 1.165) is 33.6 Å². The fraction of sp³-hybridized carbons (Fsp3) is 0.150. The van der Waals surface area contributed by atoms with Gasteiger partial charge in [0.05, 0.1) is 11.9 Å². The zero-order valence-electron chi connectivity index (χ0n) is 14.4. The van der Waals surface area contributed by atoms with Gasteiger partial charge >= 0.3 is 0 Å². The summed E-state index contributed by atoms with van der Waals surface area (Å²) in [7, 11) is 0. The molecule has 0 amide bonds. The van der Waals surface area contributed by atoms with E-state index in [0.29, 0.717) is 5.88 Å². The van der Waals surface area contributed by atoms with Crippen LogP contribution in [0.5, 0.6) is 11.6 Å². The Bertz CT molecular complexity index is 1070. The summed E-state index contributed by atoms with van der Waals surface area (Å²) in [6.45, 7) is 6.11. The van der Waals surface area contributed by atoms with Crippen molar-refractivity contribution in [3.63, 3.8) is 0 Å². The third kappa shape index (κ3) is 2.85. The lowest BCUT2D eigenvalue weighted by atomic mass is 10.1. The molecule has 5 nitrogen and oxygen atoms in total. The molecule has 2 aromatic carbocycles. The van der Waals surface area contributed by atoms with Crippen LogP contribution >= 0.6 is 0 Å². The lowest BCUT2D eigenvalue weighted by molar-refractivity contribution is 0.464. The summed E-state index contributed by atoms with van der Waals surface area (Å²) >= 11 is 0. The first-order chi connectivity index (χ1) is 12.1. The Morgan fingerprint density at radius 1 is 0.920 bits per heavy atom. The van der Waals surface area contributed by atoms with Gasteiger partial charge in [-0.15, -0.1) is 0 Å². The van der Waals surface area contributed by atoms with Crippen LogP contribution in [0, 0.1) is 20.8 Å². The summed E-state index contributed by atoms with van der Waals surface area (Å²) in [5, 5.41) is 5.27.